The Labute approximate surface area is 153 Å². The lowest BCUT2D eigenvalue weighted by Gasteiger charge is -2.08. The summed E-state index contributed by atoms with van der Waals surface area (Å²) in [6.07, 6.45) is 0. The van der Waals surface area contributed by atoms with E-state index in [4.69, 9.17) is 11.6 Å². The van der Waals surface area contributed by atoms with Crippen LogP contribution in [0.15, 0.2) is 59.4 Å². The summed E-state index contributed by atoms with van der Waals surface area (Å²) in [5, 5.41) is 11.5. The number of thiophene rings is 1. The number of fused-ring (bicyclic) bond motifs is 1. The Morgan fingerprint density at radius 2 is 1.72 bits per heavy atom. The highest BCUT2D eigenvalue weighted by atomic mass is 35.5. The van der Waals surface area contributed by atoms with Gasteiger partial charge in [-0.1, -0.05) is 71.8 Å². The number of pyridine rings is 1. The minimum atomic E-state index is -0.329. The summed E-state index contributed by atoms with van der Waals surface area (Å²) in [6.45, 7) is 2.00. The monoisotopic (exact) mass is 367 g/mol. The maximum Gasteiger partial charge on any atom is 0.260 e. The highest BCUT2D eigenvalue weighted by Crippen LogP contribution is 2.46. The van der Waals surface area contributed by atoms with E-state index in [9.17, 15) is 9.90 Å². The summed E-state index contributed by atoms with van der Waals surface area (Å²) < 4.78 is 0.539. The number of aromatic nitrogens is 1. The molecule has 3 nitrogen and oxygen atoms in total. The minimum absolute atomic E-state index is 0.0374. The van der Waals surface area contributed by atoms with Crippen LogP contribution in [0.25, 0.3) is 32.5 Å². The van der Waals surface area contributed by atoms with E-state index in [0.29, 0.717) is 20.1 Å². The first-order chi connectivity index (χ1) is 12.1. The Bertz CT molecular complexity index is 1150. The van der Waals surface area contributed by atoms with Gasteiger partial charge < -0.3 is 10.1 Å². The summed E-state index contributed by atoms with van der Waals surface area (Å²) in [6, 6.07) is 17.1. The molecule has 2 heterocycles. The molecule has 25 heavy (non-hydrogen) atoms. The normalized spacial score (nSPS) is 11.1. The third kappa shape index (κ3) is 2.64. The van der Waals surface area contributed by atoms with Crippen LogP contribution in [0.4, 0.5) is 0 Å². The van der Waals surface area contributed by atoms with Gasteiger partial charge >= 0.3 is 0 Å². The lowest BCUT2D eigenvalue weighted by molar-refractivity contribution is 0.483. The van der Waals surface area contributed by atoms with E-state index in [1.165, 1.54) is 11.3 Å². The first kappa shape index (κ1) is 15.9. The number of hydrogen-bond acceptors (Lipinski definition) is 3. The molecule has 0 atom stereocenters. The second-order valence-electron chi connectivity index (χ2n) is 5.87. The van der Waals surface area contributed by atoms with Crippen molar-refractivity contribution in [3.05, 3.63) is 74.9 Å². The summed E-state index contributed by atoms with van der Waals surface area (Å²) in [5.41, 5.74) is 3.36. The molecule has 2 N–H and O–H groups in total. The molecule has 2 aromatic carbocycles. The third-order valence-electron chi connectivity index (χ3n) is 4.16. The number of aromatic amines is 1. The molecule has 2 aromatic heterocycles. The molecular weight excluding hydrogens is 354 g/mol. The van der Waals surface area contributed by atoms with Crippen molar-refractivity contribution in [2.75, 3.05) is 0 Å². The molecule has 4 aromatic rings. The Hall–Kier alpha value is -2.56. The molecule has 0 bridgehead atoms. The summed E-state index contributed by atoms with van der Waals surface area (Å²) in [7, 11) is 0. The van der Waals surface area contributed by atoms with E-state index in [-0.39, 0.29) is 16.9 Å². The Balaban J connectivity index is 2.10. The van der Waals surface area contributed by atoms with Crippen LogP contribution in [-0.4, -0.2) is 10.1 Å². The molecule has 0 aliphatic heterocycles. The van der Waals surface area contributed by atoms with Crippen LogP contribution < -0.4 is 5.56 Å². The van der Waals surface area contributed by atoms with E-state index >= 15 is 0 Å². The van der Waals surface area contributed by atoms with Gasteiger partial charge in [-0.15, -0.1) is 11.3 Å². The predicted octanol–water partition coefficient (Wildman–Crippen LogP) is 5.59. The van der Waals surface area contributed by atoms with Crippen molar-refractivity contribution < 1.29 is 5.11 Å². The Morgan fingerprint density at radius 3 is 2.44 bits per heavy atom. The van der Waals surface area contributed by atoms with E-state index < -0.39 is 0 Å². The number of H-pyrrole nitrogens is 1. The maximum atomic E-state index is 12.5. The van der Waals surface area contributed by atoms with Crippen LogP contribution in [0.5, 0.6) is 5.75 Å². The van der Waals surface area contributed by atoms with Crippen molar-refractivity contribution in [3.8, 4) is 28.0 Å². The summed E-state index contributed by atoms with van der Waals surface area (Å²) in [5.74, 6) is -0.0374. The standard InChI is InChI=1S/C20H14ClNO2S/c1-11-6-5-9-13(10-11)14-16-17(23)15(12-7-3-2-4-8-12)19(24)22-20(16)25-18(14)21/h2-10H,1H3,(H2,22,23,24). The molecule has 0 aliphatic rings. The fraction of sp³-hybridized carbons (Fsp3) is 0.0500. The average Bonchev–Trinajstić information content (AvgIpc) is 2.92. The van der Waals surface area contributed by atoms with Gasteiger partial charge in [-0.05, 0) is 18.1 Å². The molecule has 0 amide bonds. The largest absolute Gasteiger partial charge is 0.506 e. The van der Waals surface area contributed by atoms with Crippen molar-refractivity contribution in [1.82, 2.24) is 4.98 Å². The van der Waals surface area contributed by atoms with Crippen molar-refractivity contribution in [2.24, 2.45) is 0 Å². The molecule has 4 rings (SSSR count). The minimum Gasteiger partial charge on any atom is -0.506 e. The first-order valence-electron chi connectivity index (χ1n) is 7.76. The number of benzene rings is 2. The molecule has 124 valence electrons. The van der Waals surface area contributed by atoms with Crippen LogP contribution in [-0.2, 0) is 0 Å². The first-order valence-corrected chi connectivity index (χ1v) is 8.95. The van der Waals surface area contributed by atoms with Crippen molar-refractivity contribution in [1.29, 1.82) is 0 Å². The summed E-state index contributed by atoms with van der Waals surface area (Å²) in [4.78, 5) is 15.9. The lowest BCUT2D eigenvalue weighted by atomic mass is 10.00. The number of nitrogens with one attached hydrogen (secondary N) is 1. The Morgan fingerprint density at radius 1 is 1.00 bits per heavy atom. The molecule has 0 unspecified atom stereocenters. The molecule has 0 aliphatic carbocycles. The quantitative estimate of drug-likeness (QED) is 0.485. The van der Waals surface area contributed by atoms with Crippen LogP contribution in [0.3, 0.4) is 0 Å². The van der Waals surface area contributed by atoms with Gasteiger partial charge in [-0.3, -0.25) is 4.79 Å². The number of aryl methyl sites for hydroxylation is 1. The smallest absolute Gasteiger partial charge is 0.260 e. The number of rotatable bonds is 2. The molecule has 0 saturated carbocycles. The number of halogens is 1. The van der Waals surface area contributed by atoms with Gasteiger partial charge in [0.05, 0.1) is 10.9 Å². The molecular formula is C20H14ClNO2S. The van der Waals surface area contributed by atoms with Crippen LogP contribution in [0, 0.1) is 6.92 Å². The van der Waals surface area contributed by atoms with Gasteiger partial charge in [0.2, 0.25) is 0 Å². The Kier molecular flexibility index (Phi) is 3.86. The second-order valence-corrected chi connectivity index (χ2v) is 7.49. The van der Waals surface area contributed by atoms with Gasteiger partial charge in [-0.2, -0.15) is 0 Å². The van der Waals surface area contributed by atoms with Crippen molar-refractivity contribution in [3.63, 3.8) is 0 Å². The van der Waals surface area contributed by atoms with Crippen LogP contribution in [0.2, 0.25) is 4.34 Å². The molecule has 0 fully saturated rings. The van der Waals surface area contributed by atoms with Gasteiger partial charge in [0.25, 0.3) is 5.56 Å². The fourth-order valence-corrected chi connectivity index (χ4v) is 4.43. The highest BCUT2D eigenvalue weighted by molar-refractivity contribution is 7.23. The zero-order valence-corrected chi connectivity index (χ0v) is 14.9. The zero-order chi connectivity index (χ0) is 17.6. The van der Waals surface area contributed by atoms with Gasteiger partial charge in [0.15, 0.2) is 0 Å². The lowest BCUT2D eigenvalue weighted by Crippen LogP contribution is -2.08. The van der Waals surface area contributed by atoms with Gasteiger partial charge in [0.1, 0.15) is 14.9 Å². The van der Waals surface area contributed by atoms with Crippen molar-refractivity contribution >= 4 is 33.2 Å². The van der Waals surface area contributed by atoms with Crippen LogP contribution in [0.1, 0.15) is 5.56 Å². The predicted molar refractivity (Wildman–Crippen MR) is 105 cm³/mol. The van der Waals surface area contributed by atoms with E-state index in [1.54, 1.807) is 12.1 Å². The fourth-order valence-electron chi connectivity index (χ4n) is 3.05. The van der Waals surface area contributed by atoms with E-state index in [2.05, 4.69) is 4.98 Å². The third-order valence-corrected chi connectivity index (χ3v) is 5.48. The zero-order valence-electron chi connectivity index (χ0n) is 13.3. The number of aromatic hydroxyl groups is 1. The highest BCUT2D eigenvalue weighted by Gasteiger charge is 2.21. The second kappa shape index (κ2) is 6.06. The van der Waals surface area contributed by atoms with E-state index in [1.807, 2.05) is 49.4 Å². The van der Waals surface area contributed by atoms with Crippen LogP contribution >= 0.6 is 22.9 Å². The summed E-state index contributed by atoms with van der Waals surface area (Å²) >= 11 is 7.72. The van der Waals surface area contributed by atoms with Crippen molar-refractivity contribution in [2.45, 2.75) is 6.92 Å². The average molecular weight is 368 g/mol. The van der Waals surface area contributed by atoms with Gasteiger partial charge in [0, 0.05) is 5.56 Å². The number of hydrogen-bond donors (Lipinski definition) is 2. The van der Waals surface area contributed by atoms with E-state index in [0.717, 1.165) is 16.7 Å². The molecule has 0 spiro atoms. The molecule has 0 radical (unpaired) electrons. The topological polar surface area (TPSA) is 53.1 Å². The maximum absolute atomic E-state index is 12.5. The van der Waals surface area contributed by atoms with Gasteiger partial charge in [-0.25, -0.2) is 0 Å². The SMILES string of the molecule is Cc1cccc(-c2c(Cl)sc3[nH]c(=O)c(-c4ccccc4)c(O)c23)c1. The molecule has 0 saturated heterocycles. The molecule has 5 heteroatoms.